The highest BCUT2D eigenvalue weighted by Crippen LogP contribution is 2.11. The molecular formula is C18H21ClN2O. The minimum Gasteiger partial charge on any atom is -0.340 e. The summed E-state index contributed by atoms with van der Waals surface area (Å²) in [7, 11) is 3.79. The molecule has 0 aromatic heterocycles. The summed E-state index contributed by atoms with van der Waals surface area (Å²) in [5.74, 6) is 0.105. The average molecular weight is 317 g/mol. The van der Waals surface area contributed by atoms with Crippen molar-refractivity contribution in [3.63, 3.8) is 0 Å². The molecule has 4 heteroatoms. The molecule has 0 fully saturated rings. The molecule has 0 saturated carbocycles. The van der Waals surface area contributed by atoms with E-state index in [1.54, 1.807) is 4.90 Å². The van der Waals surface area contributed by atoms with Crippen LogP contribution in [0.1, 0.15) is 11.1 Å². The van der Waals surface area contributed by atoms with Crippen LogP contribution in [0.4, 0.5) is 0 Å². The molecule has 2 aromatic rings. The summed E-state index contributed by atoms with van der Waals surface area (Å²) in [5.41, 5.74) is 2.28. The van der Waals surface area contributed by atoms with Crippen molar-refractivity contribution in [1.82, 2.24) is 9.80 Å². The molecule has 0 N–H and O–H groups in total. The highest BCUT2D eigenvalue weighted by atomic mass is 35.5. The quantitative estimate of drug-likeness (QED) is 0.815. The molecule has 3 nitrogen and oxygen atoms in total. The van der Waals surface area contributed by atoms with Crippen LogP contribution in [0.2, 0.25) is 5.02 Å². The van der Waals surface area contributed by atoms with Gasteiger partial charge in [-0.2, -0.15) is 0 Å². The van der Waals surface area contributed by atoms with E-state index in [1.165, 1.54) is 5.56 Å². The zero-order chi connectivity index (χ0) is 15.9. The van der Waals surface area contributed by atoms with E-state index in [9.17, 15) is 4.79 Å². The van der Waals surface area contributed by atoms with Crippen molar-refractivity contribution >= 4 is 17.5 Å². The molecule has 0 radical (unpaired) electrons. The maximum absolute atomic E-state index is 12.3. The number of rotatable bonds is 6. The van der Waals surface area contributed by atoms with E-state index in [4.69, 9.17) is 11.6 Å². The van der Waals surface area contributed by atoms with Crippen LogP contribution in [-0.2, 0) is 17.9 Å². The molecule has 2 aromatic carbocycles. The minimum atomic E-state index is 0.105. The topological polar surface area (TPSA) is 23.6 Å². The average Bonchev–Trinajstić information content (AvgIpc) is 2.50. The standard InChI is InChI=1S/C18H21ClN2O/c1-20(12-15-6-4-3-5-7-15)14-18(22)21(2)13-16-8-10-17(19)11-9-16/h3-11H,12-14H2,1-2H3. The highest BCUT2D eigenvalue weighted by Gasteiger charge is 2.12. The van der Waals surface area contributed by atoms with Crippen LogP contribution in [0.5, 0.6) is 0 Å². The second-order valence-electron chi connectivity index (χ2n) is 5.53. The molecule has 0 bridgehead atoms. The first-order chi connectivity index (χ1) is 10.5. The van der Waals surface area contributed by atoms with Crippen molar-refractivity contribution < 1.29 is 4.79 Å². The van der Waals surface area contributed by atoms with E-state index < -0.39 is 0 Å². The van der Waals surface area contributed by atoms with Gasteiger partial charge < -0.3 is 4.90 Å². The Hall–Kier alpha value is -1.84. The third kappa shape index (κ3) is 5.17. The maximum Gasteiger partial charge on any atom is 0.236 e. The molecule has 0 aliphatic rings. The molecule has 0 saturated heterocycles. The van der Waals surface area contributed by atoms with Crippen molar-refractivity contribution in [3.8, 4) is 0 Å². The summed E-state index contributed by atoms with van der Waals surface area (Å²) in [5, 5.41) is 0.709. The van der Waals surface area contributed by atoms with Gasteiger partial charge in [0.15, 0.2) is 0 Å². The Morgan fingerprint density at radius 2 is 1.50 bits per heavy atom. The molecule has 0 spiro atoms. The Bertz CT molecular complexity index is 598. The Labute approximate surface area is 137 Å². The van der Waals surface area contributed by atoms with Crippen LogP contribution in [0.25, 0.3) is 0 Å². The third-order valence-corrected chi connectivity index (χ3v) is 3.71. The molecule has 116 valence electrons. The Balaban J connectivity index is 1.84. The van der Waals surface area contributed by atoms with Crippen molar-refractivity contribution in [2.45, 2.75) is 13.1 Å². The van der Waals surface area contributed by atoms with Crippen molar-refractivity contribution in [2.75, 3.05) is 20.6 Å². The number of nitrogens with zero attached hydrogens (tertiary/aromatic N) is 2. The fourth-order valence-electron chi connectivity index (χ4n) is 2.25. The molecule has 1 amide bonds. The first-order valence-electron chi connectivity index (χ1n) is 7.25. The zero-order valence-electron chi connectivity index (χ0n) is 13.0. The summed E-state index contributed by atoms with van der Waals surface area (Å²) in [6.07, 6.45) is 0. The van der Waals surface area contributed by atoms with Crippen molar-refractivity contribution in [2.24, 2.45) is 0 Å². The van der Waals surface area contributed by atoms with E-state index in [1.807, 2.05) is 61.5 Å². The van der Waals surface area contributed by atoms with Crippen LogP contribution < -0.4 is 0 Å². The smallest absolute Gasteiger partial charge is 0.236 e. The van der Waals surface area contributed by atoms with Crippen molar-refractivity contribution in [1.29, 1.82) is 0 Å². The lowest BCUT2D eigenvalue weighted by Gasteiger charge is -2.22. The van der Waals surface area contributed by atoms with Gasteiger partial charge in [-0.1, -0.05) is 54.1 Å². The summed E-state index contributed by atoms with van der Waals surface area (Å²) in [6, 6.07) is 17.7. The van der Waals surface area contributed by atoms with Gasteiger partial charge in [-0.15, -0.1) is 0 Å². The van der Waals surface area contributed by atoms with Gasteiger partial charge in [0, 0.05) is 25.2 Å². The lowest BCUT2D eigenvalue weighted by molar-refractivity contribution is -0.131. The van der Waals surface area contributed by atoms with E-state index in [-0.39, 0.29) is 5.91 Å². The Kier molecular flexibility index (Phi) is 5.99. The van der Waals surface area contributed by atoms with E-state index >= 15 is 0 Å². The van der Waals surface area contributed by atoms with E-state index in [0.29, 0.717) is 18.1 Å². The summed E-state index contributed by atoms with van der Waals surface area (Å²) in [6.45, 7) is 1.76. The number of halogens is 1. The van der Waals surface area contributed by atoms with Gasteiger partial charge in [0.05, 0.1) is 6.54 Å². The molecule has 0 aliphatic carbocycles. The Morgan fingerprint density at radius 1 is 0.909 bits per heavy atom. The van der Waals surface area contributed by atoms with E-state index in [0.717, 1.165) is 12.1 Å². The lowest BCUT2D eigenvalue weighted by atomic mass is 10.2. The molecule has 2 rings (SSSR count). The van der Waals surface area contributed by atoms with Crippen LogP contribution in [0.15, 0.2) is 54.6 Å². The highest BCUT2D eigenvalue weighted by molar-refractivity contribution is 6.30. The second-order valence-corrected chi connectivity index (χ2v) is 5.97. The maximum atomic E-state index is 12.3. The minimum absolute atomic E-state index is 0.105. The first kappa shape index (κ1) is 16.5. The molecule has 22 heavy (non-hydrogen) atoms. The molecular weight excluding hydrogens is 296 g/mol. The fraction of sp³-hybridized carbons (Fsp3) is 0.278. The molecule has 0 heterocycles. The van der Waals surface area contributed by atoms with Crippen LogP contribution in [0, 0.1) is 0 Å². The summed E-state index contributed by atoms with van der Waals surface area (Å²) in [4.78, 5) is 16.0. The van der Waals surface area contributed by atoms with Gasteiger partial charge >= 0.3 is 0 Å². The number of amides is 1. The third-order valence-electron chi connectivity index (χ3n) is 3.46. The van der Waals surface area contributed by atoms with E-state index in [2.05, 4.69) is 12.1 Å². The molecule has 0 aliphatic heterocycles. The van der Waals surface area contributed by atoms with Gasteiger partial charge in [-0.25, -0.2) is 0 Å². The predicted molar refractivity (Wildman–Crippen MR) is 90.7 cm³/mol. The lowest BCUT2D eigenvalue weighted by Crippen LogP contribution is -2.36. The molecule has 0 atom stereocenters. The van der Waals surface area contributed by atoms with Crippen LogP contribution in [0.3, 0.4) is 0 Å². The van der Waals surface area contributed by atoms with Crippen LogP contribution in [-0.4, -0.2) is 36.3 Å². The molecule has 0 unspecified atom stereocenters. The zero-order valence-corrected chi connectivity index (χ0v) is 13.8. The van der Waals surface area contributed by atoms with Gasteiger partial charge in [-0.3, -0.25) is 9.69 Å². The number of hydrogen-bond acceptors (Lipinski definition) is 2. The van der Waals surface area contributed by atoms with Gasteiger partial charge in [0.25, 0.3) is 0 Å². The number of hydrogen-bond donors (Lipinski definition) is 0. The van der Waals surface area contributed by atoms with Crippen molar-refractivity contribution in [3.05, 3.63) is 70.7 Å². The van der Waals surface area contributed by atoms with Gasteiger partial charge in [0.2, 0.25) is 5.91 Å². The summed E-state index contributed by atoms with van der Waals surface area (Å²) >= 11 is 5.87. The van der Waals surface area contributed by atoms with Gasteiger partial charge in [0.1, 0.15) is 0 Å². The number of carbonyl (C=O) groups excluding carboxylic acids is 1. The first-order valence-corrected chi connectivity index (χ1v) is 7.63. The van der Waals surface area contributed by atoms with Crippen LogP contribution >= 0.6 is 11.6 Å². The monoisotopic (exact) mass is 316 g/mol. The van der Waals surface area contributed by atoms with Gasteiger partial charge in [-0.05, 0) is 30.3 Å². The fourth-order valence-corrected chi connectivity index (χ4v) is 2.38. The predicted octanol–water partition coefficient (Wildman–Crippen LogP) is 3.43. The number of likely N-dealkylation sites (N-methyl/N-ethyl adjacent to an activating group) is 2. The largest absolute Gasteiger partial charge is 0.340 e. The second kappa shape index (κ2) is 7.97. The Morgan fingerprint density at radius 3 is 2.14 bits per heavy atom. The summed E-state index contributed by atoms with van der Waals surface area (Å²) < 4.78 is 0. The number of carbonyl (C=O) groups is 1. The SMILES string of the molecule is CN(CC(=O)N(C)Cc1ccc(Cl)cc1)Cc1ccccc1. The number of benzene rings is 2. The normalized spacial score (nSPS) is 10.7.